The number of methoxy groups -OCH3 is 2. The minimum Gasteiger partial charge on any atom is -0.497 e. The molecular weight excluding hydrogens is 424 g/mol. The summed E-state index contributed by atoms with van der Waals surface area (Å²) in [6, 6.07) is 29.6. The average Bonchev–Trinajstić information content (AvgIpc) is 2.91. The van der Waals surface area contributed by atoms with E-state index in [1.165, 1.54) is 0 Å². The van der Waals surface area contributed by atoms with Crippen LogP contribution in [0.1, 0.15) is 5.56 Å². The lowest BCUT2D eigenvalue weighted by atomic mass is 9.98. The van der Waals surface area contributed by atoms with Gasteiger partial charge in [-0.15, -0.1) is 0 Å². The zero-order chi connectivity index (χ0) is 23.5. The van der Waals surface area contributed by atoms with E-state index >= 15 is 0 Å². The molecule has 5 nitrogen and oxygen atoms in total. The van der Waals surface area contributed by atoms with Gasteiger partial charge in [-0.2, -0.15) is 4.57 Å². The van der Waals surface area contributed by atoms with Gasteiger partial charge in [-0.1, -0.05) is 54.6 Å². The van der Waals surface area contributed by atoms with E-state index in [1.54, 1.807) is 14.2 Å². The Morgan fingerprint density at radius 3 is 2.24 bits per heavy atom. The van der Waals surface area contributed by atoms with Crippen molar-refractivity contribution < 1.29 is 14.0 Å². The minimum absolute atomic E-state index is 0.0772. The first-order chi connectivity index (χ1) is 16.7. The zero-order valence-corrected chi connectivity index (χ0v) is 19.1. The summed E-state index contributed by atoms with van der Waals surface area (Å²) in [6.45, 7) is 0.363. The van der Waals surface area contributed by atoms with Gasteiger partial charge in [0.05, 0.1) is 31.8 Å². The van der Waals surface area contributed by atoms with E-state index in [0.717, 1.165) is 27.6 Å². The van der Waals surface area contributed by atoms with Crippen LogP contribution in [0.3, 0.4) is 0 Å². The van der Waals surface area contributed by atoms with Crippen molar-refractivity contribution in [3.63, 3.8) is 0 Å². The minimum atomic E-state index is -0.0772. The molecule has 168 valence electrons. The average molecular weight is 450 g/mol. The third-order valence-corrected chi connectivity index (χ3v) is 6.01. The van der Waals surface area contributed by atoms with Crippen LogP contribution in [0.15, 0.2) is 108 Å². The molecule has 0 saturated heterocycles. The Kier molecular flexibility index (Phi) is 5.83. The van der Waals surface area contributed by atoms with E-state index in [1.807, 2.05) is 106 Å². The van der Waals surface area contributed by atoms with Crippen molar-refractivity contribution >= 4 is 10.9 Å². The molecule has 0 aliphatic rings. The summed E-state index contributed by atoms with van der Waals surface area (Å²) in [6.07, 6.45) is 3.83. The largest absolute Gasteiger partial charge is 0.497 e. The van der Waals surface area contributed by atoms with Gasteiger partial charge in [-0.25, -0.2) is 0 Å². The first kappa shape index (κ1) is 21.5. The van der Waals surface area contributed by atoms with Crippen molar-refractivity contribution in [2.45, 2.75) is 6.54 Å². The lowest BCUT2D eigenvalue weighted by molar-refractivity contribution is -0.596. The number of benzene rings is 3. The highest BCUT2D eigenvalue weighted by Crippen LogP contribution is 2.32. The molecule has 0 spiro atoms. The molecule has 0 aliphatic carbocycles. The van der Waals surface area contributed by atoms with Crippen LogP contribution in [0.2, 0.25) is 0 Å². The fourth-order valence-electron chi connectivity index (χ4n) is 4.39. The normalized spacial score (nSPS) is 10.9. The highest BCUT2D eigenvalue weighted by molar-refractivity contribution is 5.98. The fourth-order valence-corrected chi connectivity index (χ4v) is 4.39. The van der Waals surface area contributed by atoms with Crippen molar-refractivity contribution in [1.82, 2.24) is 4.57 Å². The number of hydrogen-bond acceptors (Lipinski definition) is 3. The van der Waals surface area contributed by atoms with E-state index in [-0.39, 0.29) is 5.56 Å². The molecule has 5 rings (SSSR count). The van der Waals surface area contributed by atoms with Gasteiger partial charge in [-0.3, -0.25) is 9.36 Å². The summed E-state index contributed by atoms with van der Waals surface area (Å²) >= 11 is 0. The van der Waals surface area contributed by atoms with Crippen LogP contribution in [-0.2, 0) is 6.54 Å². The topological polar surface area (TPSA) is 44.3 Å². The molecule has 5 aromatic rings. The molecule has 2 aromatic heterocycles. The van der Waals surface area contributed by atoms with Crippen LogP contribution in [0.25, 0.3) is 27.7 Å². The van der Waals surface area contributed by atoms with Gasteiger partial charge in [0.2, 0.25) is 0 Å². The molecule has 0 aliphatic heterocycles. The zero-order valence-electron chi connectivity index (χ0n) is 19.1. The van der Waals surface area contributed by atoms with Gasteiger partial charge < -0.3 is 9.47 Å². The number of hydrogen-bond donors (Lipinski definition) is 0. The second-order valence-corrected chi connectivity index (χ2v) is 7.96. The highest BCUT2D eigenvalue weighted by Gasteiger charge is 2.25. The SMILES string of the molecule is COc1ccc(Cn2c(=O)c(-[n+]3ccccc3)c(-c3ccccc3)c3ccccc32)c(OC)c1. The predicted molar refractivity (Wildman–Crippen MR) is 134 cm³/mol. The standard InChI is InChI=1S/C29H25N2O3/c1-33-23-16-15-22(26(19-23)34-2)20-31-25-14-8-7-13-24(25)27(21-11-5-3-6-12-21)28(29(31)32)30-17-9-4-10-18-30/h3-19H,20H2,1-2H3/q+1. The van der Waals surface area contributed by atoms with Crippen molar-refractivity contribution in [1.29, 1.82) is 0 Å². The van der Waals surface area contributed by atoms with E-state index < -0.39 is 0 Å². The highest BCUT2D eigenvalue weighted by atomic mass is 16.5. The van der Waals surface area contributed by atoms with Crippen molar-refractivity contribution in [3.8, 4) is 28.3 Å². The van der Waals surface area contributed by atoms with Crippen LogP contribution in [0.4, 0.5) is 0 Å². The maximum absolute atomic E-state index is 14.2. The molecule has 0 bridgehead atoms. The van der Waals surface area contributed by atoms with Gasteiger partial charge in [0, 0.05) is 29.1 Å². The van der Waals surface area contributed by atoms with Crippen LogP contribution < -0.4 is 19.6 Å². The molecule has 2 heterocycles. The molecule has 0 atom stereocenters. The smallest absolute Gasteiger partial charge is 0.324 e. The summed E-state index contributed by atoms with van der Waals surface area (Å²) in [5, 5.41) is 1.01. The summed E-state index contributed by atoms with van der Waals surface area (Å²) in [4.78, 5) is 14.2. The van der Waals surface area contributed by atoms with Crippen LogP contribution in [0.5, 0.6) is 11.5 Å². The molecule has 0 radical (unpaired) electrons. The van der Waals surface area contributed by atoms with E-state index in [0.29, 0.717) is 23.7 Å². The maximum Gasteiger partial charge on any atom is 0.324 e. The van der Waals surface area contributed by atoms with Crippen molar-refractivity contribution in [3.05, 3.63) is 119 Å². The van der Waals surface area contributed by atoms with Gasteiger partial charge >= 0.3 is 5.56 Å². The number of nitrogens with zero attached hydrogens (tertiary/aromatic N) is 2. The Labute approximate surface area is 198 Å². The Morgan fingerprint density at radius 1 is 0.794 bits per heavy atom. The van der Waals surface area contributed by atoms with Gasteiger partial charge in [0.1, 0.15) is 11.5 Å². The third-order valence-electron chi connectivity index (χ3n) is 6.01. The number of rotatable bonds is 6. The summed E-state index contributed by atoms with van der Waals surface area (Å²) < 4.78 is 14.7. The third kappa shape index (κ3) is 3.82. The molecule has 0 fully saturated rings. The molecular formula is C29H25N2O3+. The summed E-state index contributed by atoms with van der Waals surface area (Å²) in [5.74, 6) is 1.38. The Hall–Kier alpha value is -4.38. The molecule has 34 heavy (non-hydrogen) atoms. The fraction of sp³-hybridized carbons (Fsp3) is 0.103. The molecule has 0 saturated carbocycles. The van der Waals surface area contributed by atoms with Crippen LogP contribution >= 0.6 is 0 Å². The van der Waals surface area contributed by atoms with Crippen LogP contribution in [0, 0.1) is 0 Å². The Bertz CT molecular complexity index is 1510. The number of fused-ring (bicyclic) bond motifs is 1. The lowest BCUT2D eigenvalue weighted by Crippen LogP contribution is -2.40. The monoisotopic (exact) mass is 449 g/mol. The number of ether oxygens (including phenoxy) is 2. The number of para-hydroxylation sites is 1. The number of pyridine rings is 2. The van der Waals surface area contributed by atoms with Crippen molar-refractivity contribution in [2.24, 2.45) is 0 Å². The molecule has 0 unspecified atom stereocenters. The number of aromatic nitrogens is 2. The molecule has 3 aromatic carbocycles. The quantitative estimate of drug-likeness (QED) is 0.342. The Morgan fingerprint density at radius 2 is 1.50 bits per heavy atom. The summed E-state index contributed by atoms with van der Waals surface area (Å²) in [5.41, 5.74) is 4.20. The molecule has 0 N–H and O–H groups in total. The van der Waals surface area contributed by atoms with E-state index in [2.05, 4.69) is 6.07 Å². The van der Waals surface area contributed by atoms with Gasteiger partial charge in [-0.05, 0) is 23.8 Å². The van der Waals surface area contributed by atoms with Crippen LogP contribution in [-0.4, -0.2) is 18.8 Å². The van der Waals surface area contributed by atoms with E-state index in [4.69, 9.17) is 9.47 Å². The summed E-state index contributed by atoms with van der Waals surface area (Å²) in [7, 11) is 3.25. The lowest BCUT2D eigenvalue weighted by Gasteiger charge is -2.17. The van der Waals surface area contributed by atoms with Gasteiger partial charge in [0.25, 0.3) is 5.69 Å². The molecule has 0 amide bonds. The first-order valence-electron chi connectivity index (χ1n) is 11.1. The van der Waals surface area contributed by atoms with E-state index in [9.17, 15) is 4.79 Å². The predicted octanol–water partition coefficient (Wildman–Crippen LogP) is 5.01. The van der Waals surface area contributed by atoms with Gasteiger partial charge in [0.15, 0.2) is 12.4 Å². The second-order valence-electron chi connectivity index (χ2n) is 7.96. The Balaban J connectivity index is 1.83. The molecule has 5 heteroatoms. The maximum atomic E-state index is 14.2. The van der Waals surface area contributed by atoms with Crippen molar-refractivity contribution in [2.75, 3.05) is 14.2 Å². The first-order valence-corrected chi connectivity index (χ1v) is 11.1. The second kappa shape index (κ2) is 9.24.